The van der Waals surface area contributed by atoms with E-state index >= 15 is 0 Å². The van der Waals surface area contributed by atoms with Crippen LogP contribution in [0.15, 0.2) is 24.3 Å². The standard InChI is InChI=1S/C13H21NO2/c1-3-4-8-16-12-7-5-6-11(9-12)10-13(14)15-2/h5-7,9,13H,3-4,8,10,14H2,1-2H3. The number of unbranched alkanes of at least 4 members (excludes halogenated alkanes) is 1. The third-order valence-electron chi connectivity index (χ3n) is 2.40. The summed E-state index contributed by atoms with van der Waals surface area (Å²) in [6.45, 7) is 2.92. The monoisotopic (exact) mass is 223 g/mol. The van der Waals surface area contributed by atoms with E-state index in [1.807, 2.05) is 24.3 Å². The number of rotatable bonds is 7. The minimum atomic E-state index is -0.245. The van der Waals surface area contributed by atoms with Gasteiger partial charge in [0.2, 0.25) is 0 Å². The Morgan fingerprint density at radius 3 is 2.88 bits per heavy atom. The van der Waals surface area contributed by atoms with E-state index in [9.17, 15) is 0 Å². The first kappa shape index (κ1) is 13.0. The first-order valence-corrected chi connectivity index (χ1v) is 5.76. The molecule has 90 valence electrons. The summed E-state index contributed by atoms with van der Waals surface area (Å²) < 4.78 is 10.7. The summed E-state index contributed by atoms with van der Waals surface area (Å²) in [5.41, 5.74) is 6.86. The van der Waals surface area contributed by atoms with Crippen molar-refractivity contribution in [1.29, 1.82) is 0 Å². The molecule has 0 aliphatic rings. The van der Waals surface area contributed by atoms with Crippen molar-refractivity contribution in [3.63, 3.8) is 0 Å². The van der Waals surface area contributed by atoms with Crippen LogP contribution in [0.25, 0.3) is 0 Å². The lowest BCUT2D eigenvalue weighted by Crippen LogP contribution is -2.24. The Balaban J connectivity index is 2.50. The number of nitrogens with two attached hydrogens (primary N) is 1. The molecule has 0 bridgehead atoms. The molecule has 0 saturated carbocycles. The fourth-order valence-electron chi connectivity index (χ4n) is 1.41. The molecule has 1 aromatic rings. The van der Waals surface area contributed by atoms with E-state index in [2.05, 4.69) is 6.92 Å². The zero-order valence-corrected chi connectivity index (χ0v) is 10.1. The second-order valence-corrected chi connectivity index (χ2v) is 3.83. The van der Waals surface area contributed by atoms with E-state index in [0.29, 0.717) is 6.42 Å². The quantitative estimate of drug-likeness (QED) is 0.570. The first-order valence-electron chi connectivity index (χ1n) is 5.76. The maximum Gasteiger partial charge on any atom is 0.119 e. The lowest BCUT2D eigenvalue weighted by atomic mass is 10.1. The third-order valence-corrected chi connectivity index (χ3v) is 2.40. The van der Waals surface area contributed by atoms with Crippen molar-refractivity contribution < 1.29 is 9.47 Å². The molecule has 0 spiro atoms. The van der Waals surface area contributed by atoms with Gasteiger partial charge in [-0.25, -0.2) is 0 Å². The highest BCUT2D eigenvalue weighted by atomic mass is 16.5. The van der Waals surface area contributed by atoms with Gasteiger partial charge in [-0.15, -0.1) is 0 Å². The summed E-state index contributed by atoms with van der Waals surface area (Å²) in [4.78, 5) is 0. The summed E-state index contributed by atoms with van der Waals surface area (Å²) >= 11 is 0. The van der Waals surface area contributed by atoms with Gasteiger partial charge in [-0.2, -0.15) is 0 Å². The van der Waals surface area contributed by atoms with Crippen LogP contribution in [0.5, 0.6) is 5.75 Å². The molecule has 1 rings (SSSR count). The maximum absolute atomic E-state index is 5.71. The molecule has 0 fully saturated rings. The van der Waals surface area contributed by atoms with Crippen molar-refractivity contribution in [3.05, 3.63) is 29.8 Å². The predicted molar refractivity (Wildman–Crippen MR) is 65.5 cm³/mol. The van der Waals surface area contributed by atoms with Crippen LogP contribution >= 0.6 is 0 Å². The number of benzene rings is 1. The molecular weight excluding hydrogens is 202 g/mol. The normalized spacial score (nSPS) is 12.4. The van der Waals surface area contributed by atoms with E-state index in [-0.39, 0.29) is 6.23 Å². The van der Waals surface area contributed by atoms with Gasteiger partial charge in [0.1, 0.15) is 12.0 Å². The summed E-state index contributed by atoms with van der Waals surface area (Å²) in [6, 6.07) is 8.01. The van der Waals surface area contributed by atoms with Gasteiger partial charge in [-0.3, -0.25) is 0 Å². The Morgan fingerprint density at radius 2 is 2.19 bits per heavy atom. The van der Waals surface area contributed by atoms with Gasteiger partial charge in [0, 0.05) is 13.5 Å². The molecule has 1 unspecified atom stereocenters. The molecule has 1 aromatic carbocycles. The van der Waals surface area contributed by atoms with Gasteiger partial charge in [0.05, 0.1) is 6.61 Å². The molecule has 0 heterocycles. The van der Waals surface area contributed by atoms with Crippen LogP contribution in [0.3, 0.4) is 0 Å². The van der Waals surface area contributed by atoms with Gasteiger partial charge in [-0.05, 0) is 24.1 Å². The maximum atomic E-state index is 5.71. The van der Waals surface area contributed by atoms with Crippen molar-refractivity contribution in [3.8, 4) is 5.75 Å². The van der Waals surface area contributed by atoms with E-state index in [1.54, 1.807) is 7.11 Å². The van der Waals surface area contributed by atoms with Gasteiger partial charge < -0.3 is 15.2 Å². The SMILES string of the molecule is CCCCOc1cccc(CC(N)OC)c1. The second-order valence-electron chi connectivity index (χ2n) is 3.83. The highest BCUT2D eigenvalue weighted by Gasteiger charge is 2.03. The highest BCUT2D eigenvalue weighted by molar-refractivity contribution is 5.28. The van der Waals surface area contributed by atoms with Gasteiger partial charge in [-0.1, -0.05) is 25.5 Å². The van der Waals surface area contributed by atoms with Crippen LogP contribution in [0.1, 0.15) is 25.3 Å². The van der Waals surface area contributed by atoms with Crippen LogP contribution < -0.4 is 10.5 Å². The molecule has 0 saturated heterocycles. The van der Waals surface area contributed by atoms with Crippen LogP contribution in [0, 0.1) is 0 Å². The van der Waals surface area contributed by atoms with E-state index in [1.165, 1.54) is 0 Å². The molecular formula is C13H21NO2. The minimum absolute atomic E-state index is 0.245. The van der Waals surface area contributed by atoms with Gasteiger partial charge >= 0.3 is 0 Å². The minimum Gasteiger partial charge on any atom is -0.494 e. The average molecular weight is 223 g/mol. The lowest BCUT2D eigenvalue weighted by molar-refractivity contribution is 0.109. The molecule has 0 aromatic heterocycles. The molecule has 1 atom stereocenters. The molecule has 0 aliphatic heterocycles. The van der Waals surface area contributed by atoms with E-state index in [0.717, 1.165) is 30.8 Å². The van der Waals surface area contributed by atoms with Crippen molar-refractivity contribution in [2.45, 2.75) is 32.4 Å². The number of hydrogen-bond donors (Lipinski definition) is 1. The number of hydrogen-bond acceptors (Lipinski definition) is 3. The molecule has 3 heteroatoms. The van der Waals surface area contributed by atoms with Crippen LogP contribution in [-0.2, 0) is 11.2 Å². The van der Waals surface area contributed by atoms with Gasteiger partial charge in [0.15, 0.2) is 0 Å². The number of methoxy groups -OCH3 is 1. The second kappa shape index (κ2) is 7.25. The molecule has 16 heavy (non-hydrogen) atoms. The average Bonchev–Trinajstić information content (AvgIpc) is 2.30. The van der Waals surface area contributed by atoms with Crippen molar-refractivity contribution >= 4 is 0 Å². The van der Waals surface area contributed by atoms with Crippen LogP contribution in [0.4, 0.5) is 0 Å². The molecule has 0 radical (unpaired) electrons. The van der Waals surface area contributed by atoms with Crippen molar-refractivity contribution in [2.75, 3.05) is 13.7 Å². The summed E-state index contributed by atoms with van der Waals surface area (Å²) in [6.07, 6.45) is 2.70. The lowest BCUT2D eigenvalue weighted by Gasteiger charge is -2.11. The highest BCUT2D eigenvalue weighted by Crippen LogP contribution is 2.14. The summed E-state index contributed by atoms with van der Waals surface area (Å²) in [7, 11) is 1.62. The van der Waals surface area contributed by atoms with Gasteiger partial charge in [0.25, 0.3) is 0 Å². The summed E-state index contributed by atoms with van der Waals surface area (Å²) in [5, 5.41) is 0. The molecule has 2 N–H and O–H groups in total. The topological polar surface area (TPSA) is 44.5 Å². The van der Waals surface area contributed by atoms with Crippen molar-refractivity contribution in [2.24, 2.45) is 5.73 Å². The Labute approximate surface area is 97.6 Å². The zero-order valence-electron chi connectivity index (χ0n) is 10.1. The zero-order chi connectivity index (χ0) is 11.8. The van der Waals surface area contributed by atoms with Crippen LogP contribution in [0.2, 0.25) is 0 Å². The molecule has 3 nitrogen and oxygen atoms in total. The van der Waals surface area contributed by atoms with E-state index in [4.69, 9.17) is 15.2 Å². The third kappa shape index (κ3) is 4.64. The molecule has 0 aliphatic carbocycles. The van der Waals surface area contributed by atoms with E-state index < -0.39 is 0 Å². The Bertz CT molecular complexity index is 302. The van der Waals surface area contributed by atoms with Crippen LogP contribution in [-0.4, -0.2) is 19.9 Å². The molecule has 0 amide bonds. The smallest absolute Gasteiger partial charge is 0.119 e. The fraction of sp³-hybridized carbons (Fsp3) is 0.538. The predicted octanol–water partition coefficient (Wildman–Crippen LogP) is 2.34. The Kier molecular flexibility index (Phi) is 5.90. The summed E-state index contributed by atoms with van der Waals surface area (Å²) in [5.74, 6) is 0.911. The van der Waals surface area contributed by atoms with Crippen molar-refractivity contribution in [1.82, 2.24) is 0 Å². The fourth-order valence-corrected chi connectivity index (χ4v) is 1.41. The Morgan fingerprint density at radius 1 is 1.38 bits per heavy atom. The largest absolute Gasteiger partial charge is 0.494 e. The number of ether oxygens (including phenoxy) is 2. The Hall–Kier alpha value is -1.06. The first-order chi connectivity index (χ1) is 7.76.